The van der Waals surface area contributed by atoms with Gasteiger partial charge in [-0.25, -0.2) is 0 Å². The van der Waals surface area contributed by atoms with Gasteiger partial charge in [0.15, 0.2) is 5.82 Å². The zero-order chi connectivity index (χ0) is 13.9. The highest BCUT2D eigenvalue weighted by molar-refractivity contribution is 9.10. The molecule has 0 atom stereocenters. The van der Waals surface area contributed by atoms with E-state index in [-0.39, 0.29) is 0 Å². The van der Waals surface area contributed by atoms with E-state index in [4.69, 9.17) is 16.1 Å². The standard InChI is InChI=1S/C13H14BrClN4O/c14-11-2-1-9(15)7-10(11)13-17-12(18-20-13)8-19-5-3-16-4-6-19/h1-2,7,16H,3-6,8H2. The Kier molecular flexibility index (Phi) is 4.35. The van der Waals surface area contributed by atoms with Crippen LogP contribution >= 0.6 is 27.5 Å². The number of nitrogens with zero attached hydrogens (tertiary/aromatic N) is 3. The summed E-state index contributed by atoms with van der Waals surface area (Å²) in [5.41, 5.74) is 0.816. The molecule has 1 fully saturated rings. The van der Waals surface area contributed by atoms with Crippen LogP contribution in [0.2, 0.25) is 5.02 Å². The summed E-state index contributed by atoms with van der Waals surface area (Å²) in [5.74, 6) is 1.19. The summed E-state index contributed by atoms with van der Waals surface area (Å²) < 4.78 is 6.22. The molecule has 0 spiro atoms. The first-order chi connectivity index (χ1) is 9.72. The first-order valence-electron chi connectivity index (χ1n) is 6.43. The molecule has 0 aliphatic carbocycles. The summed E-state index contributed by atoms with van der Waals surface area (Å²) in [6.45, 7) is 4.73. The van der Waals surface area contributed by atoms with Crippen molar-refractivity contribution in [2.75, 3.05) is 26.2 Å². The number of hydrogen-bond donors (Lipinski definition) is 1. The third-order valence-electron chi connectivity index (χ3n) is 3.20. The molecule has 3 rings (SSSR count). The lowest BCUT2D eigenvalue weighted by Crippen LogP contribution is -2.43. The maximum atomic E-state index is 6.00. The molecule has 0 bridgehead atoms. The summed E-state index contributed by atoms with van der Waals surface area (Å²) in [4.78, 5) is 6.75. The predicted octanol–water partition coefficient (Wildman–Crippen LogP) is 2.56. The summed E-state index contributed by atoms with van der Waals surface area (Å²) in [6, 6.07) is 5.50. The van der Waals surface area contributed by atoms with Crippen LogP contribution in [0.4, 0.5) is 0 Å². The van der Waals surface area contributed by atoms with Gasteiger partial charge in [0.2, 0.25) is 0 Å². The average molecular weight is 358 g/mol. The summed E-state index contributed by atoms with van der Waals surface area (Å²) in [5, 5.41) is 8.01. The zero-order valence-electron chi connectivity index (χ0n) is 10.8. The van der Waals surface area contributed by atoms with E-state index in [1.165, 1.54) is 0 Å². The molecular weight excluding hydrogens is 344 g/mol. The van der Waals surface area contributed by atoms with Crippen molar-refractivity contribution in [1.82, 2.24) is 20.4 Å². The van der Waals surface area contributed by atoms with Crippen molar-refractivity contribution in [1.29, 1.82) is 0 Å². The molecule has 1 aromatic carbocycles. The fourth-order valence-electron chi connectivity index (χ4n) is 2.16. The third-order valence-corrected chi connectivity index (χ3v) is 4.13. The lowest BCUT2D eigenvalue weighted by molar-refractivity contribution is 0.225. The van der Waals surface area contributed by atoms with Crippen LogP contribution in [-0.2, 0) is 6.54 Å². The van der Waals surface area contributed by atoms with Crippen LogP contribution in [0.15, 0.2) is 27.2 Å². The Morgan fingerprint density at radius 3 is 2.95 bits per heavy atom. The van der Waals surface area contributed by atoms with Crippen molar-refractivity contribution in [3.8, 4) is 11.5 Å². The van der Waals surface area contributed by atoms with E-state index < -0.39 is 0 Å². The Morgan fingerprint density at radius 2 is 2.15 bits per heavy atom. The summed E-state index contributed by atoms with van der Waals surface area (Å²) in [7, 11) is 0. The smallest absolute Gasteiger partial charge is 0.259 e. The Bertz CT molecular complexity index is 598. The number of piperazine rings is 1. The quantitative estimate of drug-likeness (QED) is 0.915. The summed E-state index contributed by atoms with van der Waals surface area (Å²) in [6.07, 6.45) is 0. The van der Waals surface area contributed by atoms with Gasteiger partial charge in [0, 0.05) is 35.7 Å². The van der Waals surface area contributed by atoms with Crippen molar-refractivity contribution < 1.29 is 4.52 Å². The third kappa shape index (κ3) is 3.20. The predicted molar refractivity (Wildman–Crippen MR) is 80.6 cm³/mol. The molecule has 7 heteroatoms. The lowest BCUT2D eigenvalue weighted by Gasteiger charge is -2.25. The van der Waals surface area contributed by atoms with Crippen LogP contribution in [0.25, 0.3) is 11.5 Å². The zero-order valence-corrected chi connectivity index (χ0v) is 13.1. The van der Waals surface area contributed by atoms with Gasteiger partial charge in [-0.15, -0.1) is 0 Å². The van der Waals surface area contributed by atoms with E-state index >= 15 is 0 Å². The molecule has 1 aliphatic rings. The van der Waals surface area contributed by atoms with Gasteiger partial charge in [0.25, 0.3) is 5.89 Å². The van der Waals surface area contributed by atoms with Crippen molar-refractivity contribution in [2.24, 2.45) is 0 Å². The maximum absolute atomic E-state index is 6.00. The van der Waals surface area contributed by atoms with Crippen LogP contribution in [0.5, 0.6) is 0 Å². The minimum absolute atomic E-state index is 0.490. The molecular formula is C13H14BrClN4O. The van der Waals surface area contributed by atoms with Gasteiger partial charge in [0.05, 0.1) is 12.1 Å². The second-order valence-electron chi connectivity index (χ2n) is 4.67. The van der Waals surface area contributed by atoms with E-state index in [9.17, 15) is 0 Å². The fourth-order valence-corrected chi connectivity index (χ4v) is 2.75. The molecule has 1 aromatic heterocycles. The Labute approximate surface area is 130 Å². The van der Waals surface area contributed by atoms with Crippen molar-refractivity contribution >= 4 is 27.5 Å². The molecule has 0 amide bonds. The average Bonchev–Trinajstić information content (AvgIpc) is 2.91. The fraction of sp³-hybridized carbons (Fsp3) is 0.385. The second-order valence-corrected chi connectivity index (χ2v) is 5.96. The Morgan fingerprint density at radius 1 is 1.35 bits per heavy atom. The first kappa shape index (κ1) is 14.0. The molecule has 1 saturated heterocycles. The highest BCUT2D eigenvalue weighted by atomic mass is 79.9. The van der Waals surface area contributed by atoms with Crippen molar-refractivity contribution in [3.63, 3.8) is 0 Å². The monoisotopic (exact) mass is 356 g/mol. The van der Waals surface area contributed by atoms with Gasteiger partial charge in [-0.05, 0) is 34.1 Å². The number of rotatable bonds is 3. The van der Waals surface area contributed by atoms with Crippen LogP contribution < -0.4 is 5.32 Å². The van der Waals surface area contributed by atoms with E-state index in [1.807, 2.05) is 18.2 Å². The topological polar surface area (TPSA) is 54.2 Å². The molecule has 0 unspecified atom stereocenters. The van der Waals surface area contributed by atoms with Crippen molar-refractivity contribution in [2.45, 2.75) is 6.54 Å². The van der Waals surface area contributed by atoms with Gasteiger partial charge in [0.1, 0.15) is 0 Å². The van der Waals surface area contributed by atoms with Gasteiger partial charge in [-0.2, -0.15) is 4.98 Å². The Hall–Kier alpha value is -0.950. The Balaban J connectivity index is 1.77. The molecule has 20 heavy (non-hydrogen) atoms. The largest absolute Gasteiger partial charge is 0.334 e. The molecule has 1 N–H and O–H groups in total. The van der Waals surface area contributed by atoms with Gasteiger partial charge < -0.3 is 9.84 Å². The van der Waals surface area contributed by atoms with E-state index in [2.05, 4.69) is 36.3 Å². The van der Waals surface area contributed by atoms with Crippen LogP contribution in [-0.4, -0.2) is 41.2 Å². The molecule has 106 valence electrons. The van der Waals surface area contributed by atoms with Crippen LogP contribution in [0, 0.1) is 0 Å². The summed E-state index contributed by atoms with van der Waals surface area (Å²) >= 11 is 9.47. The molecule has 0 saturated carbocycles. The minimum Gasteiger partial charge on any atom is -0.334 e. The highest BCUT2D eigenvalue weighted by Crippen LogP contribution is 2.29. The number of aromatic nitrogens is 2. The molecule has 1 aliphatic heterocycles. The number of hydrogen-bond acceptors (Lipinski definition) is 5. The van der Waals surface area contributed by atoms with Gasteiger partial charge in [-0.1, -0.05) is 16.8 Å². The number of benzene rings is 1. The van der Waals surface area contributed by atoms with E-state index in [0.29, 0.717) is 23.3 Å². The highest BCUT2D eigenvalue weighted by Gasteiger charge is 2.16. The van der Waals surface area contributed by atoms with Gasteiger partial charge in [-0.3, -0.25) is 4.90 Å². The van der Waals surface area contributed by atoms with Crippen LogP contribution in [0.3, 0.4) is 0 Å². The van der Waals surface area contributed by atoms with Gasteiger partial charge >= 0.3 is 0 Å². The SMILES string of the molecule is Clc1ccc(Br)c(-c2nc(CN3CCNCC3)no2)c1. The molecule has 0 radical (unpaired) electrons. The minimum atomic E-state index is 0.490. The normalized spacial score (nSPS) is 16.5. The number of nitrogens with one attached hydrogen (secondary N) is 1. The van der Waals surface area contributed by atoms with E-state index in [1.54, 1.807) is 0 Å². The first-order valence-corrected chi connectivity index (χ1v) is 7.60. The molecule has 2 heterocycles. The molecule has 2 aromatic rings. The lowest BCUT2D eigenvalue weighted by atomic mass is 10.2. The van der Waals surface area contributed by atoms with Crippen molar-refractivity contribution in [3.05, 3.63) is 33.5 Å². The number of halogens is 2. The van der Waals surface area contributed by atoms with Crippen LogP contribution in [0.1, 0.15) is 5.82 Å². The molecule has 5 nitrogen and oxygen atoms in total. The second kappa shape index (κ2) is 6.22. The maximum Gasteiger partial charge on any atom is 0.259 e. The van der Waals surface area contributed by atoms with E-state index in [0.717, 1.165) is 36.2 Å².